The van der Waals surface area contributed by atoms with Gasteiger partial charge in [0, 0.05) is 54.7 Å². The number of para-hydroxylation sites is 4. The number of nitrogens with zero attached hydrogens (tertiary/aromatic N) is 5. The van der Waals surface area contributed by atoms with E-state index in [1.54, 1.807) is 0 Å². The van der Waals surface area contributed by atoms with Crippen molar-refractivity contribution >= 4 is 81.8 Å². The number of hydrogen-bond donors (Lipinski definition) is 0. The van der Waals surface area contributed by atoms with Crippen LogP contribution >= 0.6 is 0 Å². The van der Waals surface area contributed by atoms with Crippen molar-refractivity contribution in [2.45, 2.75) is 0 Å². The van der Waals surface area contributed by atoms with Gasteiger partial charge in [0.1, 0.15) is 11.2 Å². The van der Waals surface area contributed by atoms with E-state index in [-0.39, 0.29) is 0 Å². The summed E-state index contributed by atoms with van der Waals surface area (Å²) in [5, 5.41) is 9.04. The van der Waals surface area contributed by atoms with Crippen molar-refractivity contribution in [1.29, 1.82) is 0 Å². The van der Waals surface area contributed by atoms with Crippen LogP contribution in [0, 0.1) is 0 Å². The fourth-order valence-electron chi connectivity index (χ4n) is 11.1. The molecule has 0 amide bonds. The average molecular weight is 880 g/mol. The van der Waals surface area contributed by atoms with Gasteiger partial charge in [0.15, 0.2) is 17.5 Å². The molecule has 0 aliphatic rings. The van der Waals surface area contributed by atoms with Crippen molar-refractivity contribution < 1.29 is 4.42 Å². The normalized spacial score (nSPS) is 12.1. The molecule has 69 heavy (non-hydrogen) atoms. The lowest BCUT2D eigenvalue weighted by Gasteiger charge is -2.13. The molecule has 0 spiro atoms. The highest BCUT2D eigenvalue weighted by Gasteiger charge is 2.26. The molecule has 0 unspecified atom stereocenters. The highest BCUT2D eigenvalue weighted by molar-refractivity contribution is 6.33. The van der Waals surface area contributed by atoms with Crippen LogP contribution < -0.4 is 0 Å². The van der Waals surface area contributed by atoms with Crippen molar-refractivity contribution in [1.82, 2.24) is 23.9 Å². The maximum absolute atomic E-state index is 6.91. The molecule has 0 aliphatic carbocycles. The van der Waals surface area contributed by atoms with E-state index < -0.39 is 0 Å². The van der Waals surface area contributed by atoms with Crippen LogP contribution in [0.3, 0.4) is 0 Å². The molecule has 15 aromatic rings. The number of benzene rings is 10. The third-order valence-electron chi connectivity index (χ3n) is 14.1. The summed E-state index contributed by atoms with van der Waals surface area (Å²) in [6.45, 7) is 0. The van der Waals surface area contributed by atoms with Crippen LogP contribution in [0.1, 0.15) is 0 Å². The molecule has 320 valence electrons. The third-order valence-corrected chi connectivity index (χ3v) is 14.1. The predicted octanol–water partition coefficient (Wildman–Crippen LogP) is 16.4. The molecule has 6 heteroatoms. The first kappa shape index (κ1) is 37.8. The minimum atomic E-state index is 0.563. The fraction of sp³-hybridized carbons (Fsp3) is 0. The maximum Gasteiger partial charge on any atom is 0.164 e. The van der Waals surface area contributed by atoms with Gasteiger partial charge in [-0.05, 0) is 94.4 Å². The Kier molecular flexibility index (Phi) is 7.97. The Labute approximate surface area is 395 Å². The molecule has 0 saturated carbocycles. The van der Waals surface area contributed by atoms with Gasteiger partial charge in [-0.1, -0.05) is 158 Å². The number of rotatable bonds is 6. The summed E-state index contributed by atoms with van der Waals surface area (Å²) >= 11 is 0. The monoisotopic (exact) mass is 879 g/mol. The zero-order chi connectivity index (χ0) is 45.2. The largest absolute Gasteiger partial charge is 0.456 e. The second-order valence-corrected chi connectivity index (χ2v) is 17.9. The van der Waals surface area contributed by atoms with Gasteiger partial charge >= 0.3 is 0 Å². The van der Waals surface area contributed by atoms with Crippen LogP contribution in [-0.4, -0.2) is 23.9 Å². The van der Waals surface area contributed by atoms with Crippen LogP contribution in [0.15, 0.2) is 229 Å². The van der Waals surface area contributed by atoms with E-state index in [4.69, 9.17) is 19.4 Å². The first-order chi connectivity index (χ1) is 34.2. The summed E-state index contributed by atoms with van der Waals surface area (Å²) in [6.07, 6.45) is 0. The summed E-state index contributed by atoms with van der Waals surface area (Å²) in [4.78, 5) is 16.6. The van der Waals surface area contributed by atoms with Gasteiger partial charge in [-0.15, -0.1) is 0 Å². The summed E-state index contributed by atoms with van der Waals surface area (Å²) in [6, 6.07) is 79.6. The maximum atomic E-state index is 6.91. The van der Waals surface area contributed by atoms with Crippen LogP contribution in [0.5, 0.6) is 0 Å². The van der Waals surface area contributed by atoms with Crippen LogP contribution in [0.4, 0.5) is 0 Å². The summed E-state index contributed by atoms with van der Waals surface area (Å²) in [5.41, 5.74) is 15.3. The molecular weight excluding hydrogens is 843 g/mol. The van der Waals surface area contributed by atoms with Crippen LogP contribution in [0.25, 0.3) is 144 Å². The molecule has 0 saturated heterocycles. The molecule has 0 fully saturated rings. The molecule has 5 aromatic heterocycles. The molecule has 0 radical (unpaired) electrons. The van der Waals surface area contributed by atoms with Crippen molar-refractivity contribution in [3.63, 3.8) is 0 Å². The van der Waals surface area contributed by atoms with Crippen LogP contribution in [0.2, 0.25) is 0 Å². The molecular formula is C63H37N5O. The number of fused-ring (bicyclic) bond motifs is 9. The zero-order valence-corrected chi connectivity index (χ0v) is 37.0. The molecule has 6 nitrogen and oxygen atoms in total. The van der Waals surface area contributed by atoms with Crippen molar-refractivity contribution in [2.24, 2.45) is 0 Å². The second kappa shape index (κ2) is 14.6. The lowest BCUT2D eigenvalue weighted by atomic mass is 9.95. The number of aromatic nitrogens is 5. The summed E-state index contributed by atoms with van der Waals surface area (Å²) in [5.74, 6) is 1.71. The van der Waals surface area contributed by atoms with Crippen molar-refractivity contribution in [3.8, 4) is 62.1 Å². The second-order valence-electron chi connectivity index (χ2n) is 17.9. The van der Waals surface area contributed by atoms with E-state index in [0.29, 0.717) is 17.5 Å². The highest BCUT2D eigenvalue weighted by atomic mass is 16.3. The first-order valence-corrected chi connectivity index (χ1v) is 23.3. The van der Waals surface area contributed by atoms with Gasteiger partial charge in [0.05, 0.1) is 33.0 Å². The summed E-state index contributed by atoms with van der Waals surface area (Å²) < 4.78 is 11.7. The highest BCUT2D eigenvalue weighted by Crippen LogP contribution is 2.48. The van der Waals surface area contributed by atoms with Crippen molar-refractivity contribution in [2.75, 3.05) is 0 Å². The predicted molar refractivity (Wildman–Crippen MR) is 283 cm³/mol. The van der Waals surface area contributed by atoms with Gasteiger partial charge in [-0.3, -0.25) is 0 Å². The first-order valence-electron chi connectivity index (χ1n) is 23.3. The van der Waals surface area contributed by atoms with E-state index in [0.717, 1.165) is 121 Å². The van der Waals surface area contributed by atoms with Gasteiger partial charge < -0.3 is 13.4 Å². The topological polar surface area (TPSA) is 61.2 Å². The number of furan rings is 1. The lowest BCUT2D eigenvalue weighted by molar-refractivity contribution is 0.669. The Morgan fingerprint density at radius 3 is 1.55 bits per heavy atom. The van der Waals surface area contributed by atoms with Gasteiger partial charge in [-0.25, -0.2) is 15.0 Å². The lowest BCUT2D eigenvalue weighted by Crippen LogP contribution is -2.01. The minimum Gasteiger partial charge on any atom is -0.456 e. The smallest absolute Gasteiger partial charge is 0.164 e. The molecule has 10 aromatic carbocycles. The quantitative estimate of drug-likeness (QED) is 0.167. The SMILES string of the molecule is c1ccc(-c2cc(-c3ccccc3)cc(-c3nc(-c4ccc5c6ccccc6n(-c6ccccc6)c5c4)nc(-c4cc5oc6cccc7c8ccccc8n8c9ccccc9c4c8c5c67)n3)c2)cc1. The Morgan fingerprint density at radius 2 is 0.841 bits per heavy atom. The fourth-order valence-corrected chi connectivity index (χ4v) is 11.1. The van der Waals surface area contributed by atoms with Gasteiger partial charge in [0.2, 0.25) is 0 Å². The minimum absolute atomic E-state index is 0.563. The number of hydrogen-bond acceptors (Lipinski definition) is 4. The standard InChI is InChI=1S/C63H37N5O/c1-4-17-38(18-5-1)41-33-42(39-19-6-2-7-20-39)35-43(34-41)62-64-61(40-31-32-47-45-23-10-13-27-51(45)67(54(47)36-40)44-21-8-3-9-22-44)65-63(66-62)50-37-56-59-58-48(26-16-30-55(58)69-56)46-24-11-14-28-52(46)68-53-29-15-12-25-49(53)57(50)60(59)68/h1-37H. The van der Waals surface area contributed by atoms with E-state index >= 15 is 0 Å². The Balaban J connectivity index is 1.07. The molecule has 5 heterocycles. The van der Waals surface area contributed by atoms with Crippen molar-refractivity contribution in [3.05, 3.63) is 224 Å². The Bertz CT molecular complexity index is 4470. The molecule has 0 atom stereocenters. The van der Waals surface area contributed by atoms with E-state index in [2.05, 4.69) is 233 Å². The average Bonchev–Trinajstić information content (AvgIpc) is 4.06. The zero-order valence-electron chi connectivity index (χ0n) is 37.0. The van der Waals surface area contributed by atoms with E-state index in [9.17, 15) is 0 Å². The van der Waals surface area contributed by atoms with Gasteiger partial charge in [0.25, 0.3) is 0 Å². The summed E-state index contributed by atoms with van der Waals surface area (Å²) in [7, 11) is 0. The molecule has 0 aliphatic heterocycles. The van der Waals surface area contributed by atoms with Crippen LogP contribution in [-0.2, 0) is 0 Å². The Hall–Kier alpha value is -9.39. The van der Waals surface area contributed by atoms with E-state index in [1.807, 2.05) is 0 Å². The molecule has 0 bridgehead atoms. The third kappa shape index (κ3) is 5.63. The Morgan fingerprint density at radius 1 is 0.304 bits per heavy atom. The molecule has 15 rings (SSSR count). The van der Waals surface area contributed by atoms with Gasteiger partial charge in [-0.2, -0.15) is 0 Å². The van der Waals surface area contributed by atoms with E-state index in [1.165, 1.54) is 5.39 Å². The molecule has 0 N–H and O–H groups in total.